The van der Waals surface area contributed by atoms with E-state index in [4.69, 9.17) is 14.6 Å². The lowest BCUT2D eigenvalue weighted by Crippen LogP contribution is -2.12. The van der Waals surface area contributed by atoms with E-state index in [9.17, 15) is 13.2 Å². The number of carboxylic acids is 1. The number of benzene rings is 2. The van der Waals surface area contributed by atoms with Gasteiger partial charge in [-0.2, -0.15) is 0 Å². The summed E-state index contributed by atoms with van der Waals surface area (Å²) in [6.07, 6.45) is 4.65. The third-order valence-electron chi connectivity index (χ3n) is 5.25. The van der Waals surface area contributed by atoms with E-state index >= 15 is 0 Å². The number of unbranched alkanes of at least 4 members (excludes halogenated alkanes) is 1. The van der Waals surface area contributed by atoms with Crippen LogP contribution in [0, 0.1) is 0 Å². The molecule has 0 spiro atoms. The van der Waals surface area contributed by atoms with Gasteiger partial charge in [0.15, 0.2) is 11.5 Å². The van der Waals surface area contributed by atoms with Gasteiger partial charge in [0.05, 0.1) is 10.4 Å². The highest BCUT2D eigenvalue weighted by Gasteiger charge is 2.25. The van der Waals surface area contributed by atoms with Gasteiger partial charge in [-0.15, -0.1) is 0 Å². The minimum absolute atomic E-state index is 0.0678. The minimum atomic E-state index is -3.87. The molecule has 30 heavy (non-hydrogen) atoms. The predicted molar refractivity (Wildman–Crippen MR) is 112 cm³/mol. The Labute approximate surface area is 174 Å². The van der Waals surface area contributed by atoms with E-state index < -0.39 is 16.0 Å². The molecular weight excluding hydrogens is 406 g/mol. The molecule has 1 aliphatic heterocycles. The van der Waals surface area contributed by atoms with Crippen LogP contribution >= 0.6 is 0 Å². The van der Waals surface area contributed by atoms with Gasteiger partial charge in [-0.05, 0) is 48.6 Å². The number of aliphatic carboxylic acids is 1. The van der Waals surface area contributed by atoms with Crippen LogP contribution in [0.2, 0.25) is 0 Å². The second-order valence-electron chi connectivity index (χ2n) is 7.32. The van der Waals surface area contributed by atoms with Crippen molar-refractivity contribution in [3.8, 4) is 11.5 Å². The molecule has 2 aromatic carbocycles. The van der Waals surface area contributed by atoms with Crippen molar-refractivity contribution in [3.05, 3.63) is 53.7 Å². The minimum Gasteiger partial charge on any atom is -0.481 e. The first-order chi connectivity index (χ1) is 14.4. The van der Waals surface area contributed by atoms with Gasteiger partial charge < -0.3 is 14.6 Å². The Bertz CT molecular complexity index is 1190. The number of nitrogens with zero attached hydrogens (tertiary/aromatic N) is 1. The van der Waals surface area contributed by atoms with Crippen LogP contribution in [0.4, 0.5) is 0 Å². The van der Waals surface area contributed by atoms with Crippen LogP contribution in [-0.2, 0) is 27.7 Å². The molecular formula is C22H23NO6S. The lowest BCUT2D eigenvalue weighted by Gasteiger charge is -2.09. The fourth-order valence-corrected chi connectivity index (χ4v) is 5.00. The molecule has 1 aliphatic rings. The van der Waals surface area contributed by atoms with Crippen LogP contribution < -0.4 is 9.47 Å². The second-order valence-corrected chi connectivity index (χ2v) is 9.13. The predicted octanol–water partition coefficient (Wildman–Crippen LogP) is 3.97. The van der Waals surface area contributed by atoms with E-state index in [0.29, 0.717) is 28.0 Å². The molecule has 0 unspecified atom stereocenters. The molecule has 0 bridgehead atoms. The Morgan fingerprint density at radius 3 is 2.47 bits per heavy atom. The summed E-state index contributed by atoms with van der Waals surface area (Å²) in [6.45, 7) is 2.18. The maximum absolute atomic E-state index is 13.4. The van der Waals surface area contributed by atoms with E-state index in [-0.39, 0.29) is 24.5 Å². The molecule has 0 radical (unpaired) electrons. The van der Waals surface area contributed by atoms with Crippen molar-refractivity contribution in [2.24, 2.45) is 0 Å². The van der Waals surface area contributed by atoms with Gasteiger partial charge in [-0.25, -0.2) is 12.4 Å². The third-order valence-corrected chi connectivity index (χ3v) is 6.94. The van der Waals surface area contributed by atoms with Crippen LogP contribution in [0.3, 0.4) is 0 Å². The normalized spacial score (nSPS) is 13.1. The molecule has 7 nitrogen and oxygen atoms in total. The Morgan fingerprint density at radius 1 is 1.10 bits per heavy atom. The largest absolute Gasteiger partial charge is 0.481 e. The summed E-state index contributed by atoms with van der Waals surface area (Å²) in [4.78, 5) is 11.2. The smallest absolute Gasteiger partial charge is 0.303 e. The standard InChI is InChI=1S/C22H23NO6S/c1-2-3-4-15-5-8-17(9-6-15)30(26,27)23-13-16(7-10-22(24)25)18-11-20-21(12-19(18)23)29-14-28-20/h5-6,8-9,11-13H,2-4,7,10,14H2,1H3,(H,24,25). The lowest BCUT2D eigenvalue weighted by molar-refractivity contribution is -0.136. The second kappa shape index (κ2) is 8.02. The maximum atomic E-state index is 13.4. The van der Waals surface area contributed by atoms with Gasteiger partial charge >= 0.3 is 5.97 Å². The summed E-state index contributed by atoms with van der Waals surface area (Å²) in [7, 11) is -3.87. The van der Waals surface area contributed by atoms with Gasteiger partial charge in [-0.3, -0.25) is 4.79 Å². The maximum Gasteiger partial charge on any atom is 0.303 e. The number of carboxylic acid groups (broad SMARTS) is 1. The van der Waals surface area contributed by atoms with Crippen LogP contribution in [0.15, 0.2) is 47.5 Å². The zero-order valence-electron chi connectivity index (χ0n) is 16.6. The fourth-order valence-electron chi connectivity index (χ4n) is 3.61. The van der Waals surface area contributed by atoms with Crippen molar-refractivity contribution in [2.45, 2.75) is 43.9 Å². The van der Waals surface area contributed by atoms with Gasteiger partial charge in [0.2, 0.25) is 6.79 Å². The molecule has 0 aliphatic carbocycles. The molecule has 3 aromatic rings. The molecule has 0 atom stereocenters. The number of rotatable bonds is 8. The number of hydrogen-bond donors (Lipinski definition) is 1. The first-order valence-electron chi connectivity index (χ1n) is 9.90. The highest BCUT2D eigenvalue weighted by Crippen LogP contribution is 2.39. The summed E-state index contributed by atoms with van der Waals surface area (Å²) in [5.74, 6) is 0.0495. The summed E-state index contributed by atoms with van der Waals surface area (Å²) in [5, 5.41) is 9.71. The Morgan fingerprint density at radius 2 is 1.80 bits per heavy atom. The number of fused-ring (bicyclic) bond motifs is 2. The van der Waals surface area contributed by atoms with E-state index in [2.05, 4.69) is 6.92 Å². The first-order valence-corrected chi connectivity index (χ1v) is 11.3. The number of ether oxygens (including phenoxy) is 2. The fraction of sp³-hybridized carbons (Fsp3) is 0.318. The molecule has 1 aromatic heterocycles. The molecule has 0 fully saturated rings. The molecule has 1 N–H and O–H groups in total. The number of carbonyl (C=O) groups is 1. The molecule has 2 heterocycles. The summed E-state index contributed by atoms with van der Waals surface area (Å²) in [5.41, 5.74) is 2.17. The number of hydrogen-bond acceptors (Lipinski definition) is 5. The summed E-state index contributed by atoms with van der Waals surface area (Å²) >= 11 is 0. The van der Waals surface area contributed by atoms with Crippen molar-refractivity contribution in [1.82, 2.24) is 3.97 Å². The monoisotopic (exact) mass is 429 g/mol. The van der Waals surface area contributed by atoms with Gasteiger partial charge in [0, 0.05) is 24.1 Å². The van der Waals surface area contributed by atoms with Crippen molar-refractivity contribution in [3.63, 3.8) is 0 Å². The quantitative estimate of drug-likeness (QED) is 0.582. The lowest BCUT2D eigenvalue weighted by atomic mass is 10.1. The van der Waals surface area contributed by atoms with Crippen molar-refractivity contribution in [1.29, 1.82) is 0 Å². The topological polar surface area (TPSA) is 94.8 Å². The van der Waals surface area contributed by atoms with Gasteiger partial charge in [0.1, 0.15) is 0 Å². The molecule has 0 amide bonds. The van der Waals surface area contributed by atoms with Crippen molar-refractivity contribution in [2.75, 3.05) is 6.79 Å². The van der Waals surface area contributed by atoms with Gasteiger partial charge in [0.25, 0.3) is 10.0 Å². The van der Waals surface area contributed by atoms with Gasteiger partial charge in [-0.1, -0.05) is 25.5 Å². The van der Waals surface area contributed by atoms with Crippen molar-refractivity contribution < 1.29 is 27.8 Å². The molecule has 4 rings (SSSR count). The van der Waals surface area contributed by atoms with Crippen LogP contribution in [0.5, 0.6) is 11.5 Å². The van der Waals surface area contributed by atoms with Crippen LogP contribution in [0.1, 0.15) is 37.3 Å². The van der Waals surface area contributed by atoms with Crippen molar-refractivity contribution >= 4 is 26.9 Å². The Hall–Kier alpha value is -3.00. The van der Waals surface area contributed by atoms with E-state index in [1.165, 1.54) is 10.2 Å². The Balaban J connectivity index is 1.79. The number of aromatic nitrogens is 1. The molecule has 0 saturated carbocycles. The summed E-state index contributed by atoms with van der Waals surface area (Å²) in [6, 6.07) is 10.3. The SMILES string of the molecule is CCCCc1ccc(S(=O)(=O)n2cc(CCC(=O)O)c3cc4c(cc32)OCO4)cc1. The van der Waals surface area contributed by atoms with E-state index in [0.717, 1.165) is 24.8 Å². The van der Waals surface area contributed by atoms with Crippen LogP contribution in [-0.4, -0.2) is 30.3 Å². The highest BCUT2D eigenvalue weighted by molar-refractivity contribution is 7.90. The first kappa shape index (κ1) is 20.3. The highest BCUT2D eigenvalue weighted by atomic mass is 32.2. The van der Waals surface area contributed by atoms with Crippen LogP contribution in [0.25, 0.3) is 10.9 Å². The zero-order valence-corrected chi connectivity index (χ0v) is 17.4. The number of aryl methyl sites for hydroxylation is 2. The third kappa shape index (κ3) is 3.75. The van der Waals surface area contributed by atoms with E-state index in [1.54, 1.807) is 24.3 Å². The average molecular weight is 429 g/mol. The molecule has 0 saturated heterocycles. The molecule has 8 heteroatoms. The van der Waals surface area contributed by atoms with E-state index in [1.807, 2.05) is 12.1 Å². The Kier molecular flexibility index (Phi) is 5.42. The summed E-state index contributed by atoms with van der Waals surface area (Å²) < 4.78 is 38.8. The zero-order chi connectivity index (χ0) is 21.3. The average Bonchev–Trinajstić information content (AvgIpc) is 3.33. The molecule has 158 valence electrons.